The summed E-state index contributed by atoms with van der Waals surface area (Å²) in [5.74, 6) is 1.67. The van der Waals surface area contributed by atoms with E-state index in [0.717, 1.165) is 37.2 Å². The highest BCUT2D eigenvalue weighted by molar-refractivity contribution is 7.99. The van der Waals surface area contributed by atoms with Gasteiger partial charge in [0.05, 0.1) is 10.6 Å². The molecule has 0 radical (unpaired) electrons. The van der Waals surface area contributed by atoms with E-state index in [0.29, 0.717) is 22.8 Å². The van der Waals surface area contributed by atoms with Gasteiger partial charge in [0.25, 0.3) is 11.1 Å². The van der Waals surface area contributed by atoms with E-state index in [1.165, 1.54) is 17.3 Å². The van der Waals surface area contributed by atoms with E-state index < -0.39 is 0 Å². The third kappa shape index (κ3) is 4.78. The van der Waals surface area contributed by atoms with Crippen molar-refractivity contribution < 1.29 is 9.21 Å². The van der Waals surface area contributed by atoms with Crippen LogP contribution in [0.1, 0.15) is 18.4 Å². The molecule has 0 bridgehead atoms. The fourth-order valence-electron chi connectivity index (χ4n) is 3.32. The van der Waals surface area contributed by atoms with E-state index in [1.807, 2.05) is 22.4 Å². The average molecular weight is 400 g/mol. The predicted molar refractivity (Wildman–Crippen MR) is 108 cm³/mol. The van der Waals surface area contributed by atoms with Crippen LogP contribution in [0, 0.1) is 5.92 Å². The summed E-state index contributed by atoms with van der Waals surface area (Å²) in [5.41, 5.74) is 1.38. The second-order valence-corrected chi connectivity index (χ2v) is 8.53. The summed E-state index contributed by atoms with van der Waals surface area (Å²) in [5, 5.41) is 10.5. The Hall–Kier alpha value is -2.12. The van der Waals surface area contributed by atoms with Crippen LogP contribution in [0.3, 0.4) is 0 Å². The molecule has 0 saturated carbocycles. The molecule has 0 N–H and O–H groups in total. The van der Waals surface area contributed by atoms with Crippen molar-refractivity contribution in [2.45, 2.75) is 24.5 Å². The molecule has 0 atom stereocenters. The van der Waals surface area contributed by atoms with Gasteiger partial charge in [-0.2, -0.15) is 0 Å². The Kier molecular flexibility index (Phi) is 5.89. The predicted octanol–water partition coefficient (Wildman–Crippen LogP) is 4.37. The number of nitrogens with zero attached hydrogens (tertiary/aromatic N) is 3. The summed E-state index contributed by atoms with van der Waals surface area (Å²) < 4.78 is 5.63. The number of thioether (sulfide) groups is 1. The van der Waals surface area contributed by atoms with Crippen LogP contribution in [0.2, 0.25) is 0 Å². The molecule has 1 fully saturated rings. The number of hydrogen-bond acceptors (Lipinski definition) is 6. The van der Waals surface area contributed by atoms with Crippen LogP contribution in [0.15, 0.2) is 57.5 Å². The minimum atomic E-state index is 0.147. The second-order valence-electron chi connectivity index (χ2n) is 6.65. The zero-order valence-corrected chi connectivity index (χ0v) is 16.5. The summed E-state index contributed by atoms with van der Waals surface area (Å²) in [6.07, 6.45) is 3.23. The molecule has 1 saturated heterocycles. The molecule has 140 valence electrons. The normalized spacial score (nSPS) is 15.2. The smallest absolute Gasteiger partial charge is 0.277 e. The van der Waals surface area contributed by atoms with Crippen molar-refractivity contribution in [1.29, 1.82) is 0 Å². The molecule has 0 aliphatic carbocycles. The Balaban J connectivity index is 1.23. The van der Waals surface area contributed by atoms with Gasteiger partial charge in [-0.25, -0.2) is 0 Å². The molecule has 3 heterocycles. The molecule has 27 heavy (non-hydrogen) atoms. The first-order valence-electron chi connectivity index (χ1n) is 9.10. The topological polar surface area (TPSA) is 59.2 Å². The quantitative estimate of drug-likeness (QED) is 0.576. The Morgan fingerprint density at radius 1 is 1.15 bits per heavy atom. The number of likely N-dealkylation sites (tertiary alicyclic amines) is 1. The number of aromatic nitrogens is 2. The minimum Gasteiger partial charge on any atom is -0.410 e. The molecule has 4 rings (SSSR count). The maximum atomic E-state index is 12.5. The van der Waals surface area contributed by atoms with Crippen molar-refractivity contribution in [3.8, 4) is 10.8 Å². The lowest BCUT2D eigenvalue weighted by Crippen LogP contribution is -2.39. The van der Waals surface area contributed by atoms with E-state index >= 15 is 0 Å². The molecule has 1 amide bonds. The van der Waals surface area contributed by atoms with Crippen LogP contribution in [0.25, 0.3) is 10.8 Å². The van der Waals surface area contributed by atoms with Gasteiger partial charge in [-0.3, -0.25) is 4.79 Å². The van der Waals surface area contributed by atoms with Gasteiger partial charge in [0.2, 0.25) is 5.91 Å². The van der Waals surface area contributed by atoms with E-state index in [4.69, 9.17) is 4.42 Å². The van der Waals surface area contributed by atoms with Gasteiger partial charge in [-0.1, -0.05) is 48.2 Å². The van der Waals surface area contributed by atoms with E-state index in [1.54, 1.807) is 11.3 Å². The highest BCUT2D eigenvalue weighted by Crippen LogP contribution is 2.27. The van der Waals surface area contributed by atoms with Gasteiger partial charge in [0, 0.05) is 13.1 Å². The highest BCUT2D eigenvalue weighted by Gasteiger charge is 2.23. The Morgan fingerprint density at radius 3 is 2.70 bits per heavy atom. The van der Waals surface area contributed by atoms with Gasteiger partial charge in [0.1, 0.15) is 0 Å². The molecule has 0 unspecified atom stereocenters. The van der Waals surface area contributed by atoms with Crippen molar-refractivity contribution in [3.05, 3.63) is 53.4 Å². The summed E-state index contributed by atoms with van der Waals surface area (Å²) in [6, 6.07) is 14.5. The fraction of sp³-hybridized carbons (Fsp3) is 0.350. The van der Waals surface area contributed by atoms with Crippen LogP contribution >= 0.6 is 23.1 Å². The molecule has 5 nitrogen and oxygen atoms in total. The average Bonchev–Trinajstić information content (AvgIpc) is 3.39. The number of benzene rings is 1. The van der Waals surface area contributed by atoms with Gasteiger partial charge >= 0.3 is 0 Å². The lowest BCUT2D eigenvalue weighted by Gasteiger charge is -2.32. The monoisotopic (exact) mass is 399 g/mol. The first-order chi connectivity index (χ1) is 13.3. The van der Waals surface area contributed by atoms with Gasteiger partial charge in [-0.15, -0.1) is 21.5 Å². The van der Waals surface area contributed by atoms with Gasteiger partial charge in [0.15, 0.2) is 0 Å². The largest absolute Gasteiger partial charge is 0.410 e. The Morgan fingerprint density at radius 2 is 1.96 bits per heavy atom. The number of carbonyl (C=O) groups is 1. The molecular formula is C20H21N3O2S2. The van der Waals surface area contributed by atoms with Crippen LogP contribution in [-0.2, 0) is 11.2 Å². The van der Waals surface area contributed by atoms with Crippen molar-refractivity contribution in [2.75, 3.05) is 18.8 Å². The third-order valence-electron chi connectivity index (χ3n) is 4.79. The SMILES string of the molecule is O=C(CSc1nnc(-c2cccs2)o1)N1CCC(Cc2ccccc2)CC1. The number of hydrogen-bond donors (Lipinski definition) is 0. The van der Waals surface area contributed by atoms with Crippen molar-refractivity contribution in [2.24, 2.45) is 5.92 Å². The Bertz CT molecular complexity index is 857. The molecule has 2 aromatic heterocycles. The molecule has 3 aromatic rings. The van der Waals surface area contributed by atoms with E-state index in [9.17, 15) is 4.79 Å². The van der Waals surface area contributed by atoms with Crippen molar-refractivity contribution in [3.63, 3.8) is 0 Å². The highest BCUT2D eigenvalue weighted by atomic mass is 32.2. The first kappa shape index (κ1) is 18.3. The van der Waals surface area contributed by atoms with E-state index in [-0.39, 0.29) is 5.91 Å². The van der Waals surface area contributed by atoms with Crippen LogP contribution in [0.4, 0.5) is 0 Å². The molecule has 1 aromatic carbocycles. The standard InChI is InChI=1S/C20H21N3O2S2/c24-18(14-27-20-22-21-19(25-20)17-7-4-12-26-17)23-10-8-16(9-11-23)13-15-5-2-1-3-6-15/h1-7,12,16H,8-11,13-14H2. The number of carbonyl (C=O) groups excluding carboxylic acids is 1. The zero-order chi connectivity index (χ0) is 18.5. The second kappa shape index (κ2) is 8.71. The number of amides is 1. The molecule has 7 heteroatoms. The number of rotatable bonds is 6. The van der Waals surface area contributed by atoms with Gasteiger partial charge in [-0.05, 0) is 42.2 Å². The zero-order valence-electron chi connectivity index (χ0n) is 14.9. The summed E-state index contributed by atoms with van der Waals surface area (Å²) in [6.45, 7) is 1.67. The minimum absolute atomic E-state index is 0.147. The van der Waals surface area contributed by atoms with Crippen LogP contribution < -0.4 is 0 Å². The maximum Gasteiger partial charge on any atom is 0.277 e. The molecule has 1 aliphatic rings. The Labute approximate surface area is 166 Å². The maximum absolute atomic E-state index is 12.5. The summed E-state index contributed by atoms with van der Waals surface area (Å²) in [4.78, 5) is 15.4. The molecular weight excluding hydrogens is 378 g/mol. The molecule has 1 aliphatic heterocycles. The third-order valence-corrected chi connectivity index (χ3v) is 6.45. The summed E-state index contributed by atoms with van der Waals surface area (Å²) in [7, 11) is 0. The van der Waals surface area contributed by atoms with Gasteiger partial charge < -0.3 is 9.32 Å². The molecule has 0 spiro atoms. The lowest BCUT2D eigenvalue weighted by atomic mass is 9.90. The number of piperidine rings is 1. The number of thiophene rings is 1. The lowest BCUT2D eigenvalue weighted by molar-refractivity contribution is -0.129. The first-order valence-corrected chi connectivity index (χ1v) is 11.0. The van der Waals surface area contributed by atoms with E-state index in [2.05, 4.69) is 40.5 Å². The fourth-order valence-corrected chi connectivity index (χ4v) is 4.63. The summed E-state index contributed by atoms with van der Waals surface area (Å²) >= 11 is 2.87. The van der Waals surface area contributed by atoms with Crippen molar-refractivity contribution in [1.82, 2.24) is 15.1 Å². The van der Waals surface area contributed by atoms with Crippen LogP contribution in [0.5, 0.6) is 0 Å². The van der Waals surface area contributed by atoms with Crippen molar-refractivity contribution >= 4 is 29.0 Å². The van der Waals surface area contributed by atoms with Crippen LogP contribution in [-0.4, -0.2) is 39.8 Å².